The molecule has 1 amide bonds. The van der Waals surface area contributed by atoms with Gasteiger partial charge >= 0.3 is 0 Å². The van der Waals surface area contributed by atoms with Crippen LogP contribution in [0, 0.1) is 11.6 Å². The van der Waals surface area contributed by atoms with E-state index in [4.69, 9.17) is 4.74 Å². The van der Waals surface area contributed by atoms with E-state index in [1.807, 2.05) is 0 Å². The van der Waals surface area contributed by atoms with Crippen LogP contribution in [0.4, 0.5) is 14.5 Å². The highest BCUT2D eigenvalue weighted by Gasteiger charge is 2.19. The topological polar surface area (TPSA) is 75.7 Å². The molecule has 6 nitrogen and oxygen atoms in total. The Bertz CT molecular complexity index is 768. The van der Waals surface area contributed by atoms with Gasteiger partial charge in [0.05, 0.1) is 18.0 Å². The third-order valence-electron chi connectivity index (χ3n) is 4.91. The number of ether oxygens (including phenoxy) is 1. The van der Waals surface area contributed by atoms with Crippen LogP contribution in [0.1, 0.15) is 51.4 Å². The number of carbonyl (C=O) groups is 1. The van der Waals surface area contributed by atoms with Crippen molar-refractivity contribution in [3.05, 3.63) is 29.8 Å². The van der Waals surface area contributed by atoms with Crippen LogP contribution in [0.2, 0.25) is 0 Å². The van der Waals surface area contributed by atoms with Crippen LogP contribution in [0.3, 0.4) is 0 Å². The van der Waals surface area contributed by atoms with E-state index in [-0.39, 0.29) is 31.0 Å². The summed E-state index contributed by atoms with van der Waals surface area (Å²) in [5.41, 5.74) is 0.0340. The maximum atomic E-state index is 13.4. The standard InChI is InChI=1S/C20H30F2N2O4S/c1-29(26,27)24(16-10-11-18(21)19(22)15-16)13-5-9-20(25)23-12-6-14-28-17-7-3-2-4-8-17/h10-11,15,17H,2-9,12-14H2,1H3,(H,23,25). The summed E-state index contributed by atoms with van der Waals surface area (Å²) >= 11 is 0. The van der Waals surface area contributed by atoms with Gasteiger partial charge in [0.25, 0.3) is 0 Å². The molecule has 0 aromatic heterocycles. The number of halogens is 2. The summed E-state index contributed by atoms with van der Waals surface area (Å²) in [5, 5.41) is 2.79. The third-order valence-corrected chi connectivity index (χ3v) is 6.10. The zero-order valence-corrected chi connectivity index (χ0v) is 17.6. The minimum Gasteiger partial charge on any atom is -0.378 e. The Morgan fingerprint density at radius 1 is 1.17 bits per heavy atom. The average molecular weight is 433 g/mol. The highest BCUT2D eigenvalue weighted by molar-refractivity contribution is 7.92. The molecule has 1 aliphatic rings. The first-order valence-corrected chi connectivity index (χ1v) is 11.9. The van der Waals surface area contributed by atoms with Crippen LogP contribution in [0.25, 0.3) is 0 Å². The van der Waals surface area contributed by atoms with Gasteiger partial charge in [-0.15, -0.1) is 0 Å². The summed E-state index contributed by atoms with van der Waals surface area (Å²) in [5.74, 6) is -2.35. The number of sulfonamides is 1. The normalized spacial score (nSPS) is 15.3. The van der Waals surface area contributed by atoms with E-state index in [1.54, 1.807) is 0 Å². The van der Waals surface area contributed by atoms with Gasteiger partial charge in [0.1, 0.15) is 0 Å². The van der Waals surface area contributed by atoms with Gasteiger partial charge < -0.3 is 10.1 Å². The smallest absolute Gasteiger partial charge is 0.232 e. The Hall–Kier alpha value is -1.74. The quantitative estimate of drug-likeness (QED) is 0.544. The van der Waals surface area contributed by atoms with Crippen LogP contribution in [-0.4, -0.2) is 46.4 Å². The Morgan fingerprint density at radius 2 is 1.90 bits per heavy atom. The molecule has 2 rings (SSSR count). The molecule has 0 radical (unpaired) electrons. The second-order valence-corrected chi connectivity index (χ2v) is 9.28. The molecule has 0 unspecified atom stereocenters. The van der Waals surface area contributed by atoms with Crippen molar-refractivity contribution in [1.82, 2.24) is 5.32 Å². The zero-order chi connectivity index (χ0) is 21.3. The molecule has 1 aromatic rings. The number of benzene rings is 1. The monoisotopic (exact) mass is 432 g/mol. The Labute approximate surface area is 171 Å². The van der Waals surface area contributed by atoms with Crippen LogP contribution < -0.4 is 9.62 Å². The summed E-state index contributed by atoms with van der Waals surface area (Å²) in [6.45, 7) is 1.12. The summed E-state index contributed by atoms with van der Waals surface area (Å²) in [4.78, 5) is 11.9. The first-order chi connectivity index (χ1) is 13.8. The van der Waals surface area contributed by atoms with E-state index in [1.165, 1.54) is 25.3 Å². The number of amides is 1. The van der Waals surface area contributed by atoms with Gasteiger partial charge in [-0.05, 0) is 37.8 Å². The van der Waals surface area contributed by atoms with Crippen molar-refractivity contribution in [2.24, 2.45) is 0 Å². The van der Waals surface area contributed by atoms with Crippen LogP contribution in [-0.2, 0) is 19.6 Å². The summed E-state index contributed by atoms with van der Waals surface area (Å²) in [6, 6.07) is 2.92. The fourth-order valence-electron chi connectivity index (χ4n) is 3.38. The second-order valence-electron chi connectivity index (χ2n) is 7.37. The molecule has 1 fully saturated rings. The summed E-state index contributed by atoms with van der Waals surface area (Å²) < 4.78 is 57.2. The van der Waals surface area contributed by atoms with Gasteiger partial charge in [0, 0.05) is 32.2 Å². The lowest BCUT2D eigenvalue weighted by molar-refractivity contribution is -0.121. The zero-order valence-electron chi connectivity index (χ0n) is 16.8. The van der Waals surface area contributed by atoms with Crippen molar-refractivity contribution in [2.45, 2.75) is 57.5 Å². The van der Waals surface area contributed by atoms with E-state index in [0.717, 1.165) is 42.0 Å². The molecule has 0 spiro atoms. The molecule has 1 N–H and O–H groups in total. The largest absolute Gasteiger partial charge is 0.378 e. The predicted molar refractivity (Wildman–Crippen MR) is 108 cm³/mol. The Kier molecular flexibility index (Phi) is 9.29. The minimum atomic E-state index is -3.68. The molecule has 1 aromatic carbocycles. The fraction of sp³-hybridized carbons (Fsp3) is 0.650. The Balaban J connectivity index is 1.69. The van der Waals surface area contributed by atoms with E-state index >= 15 is 0 Å². The predicted octanol–water partition coefficient (Wildman–Crippen LogP) is 3.37. The van der Waals surface area contributed by atoms with E-state index in [0.29, 0.717) is 19.3 Å². The number of nitrogens with one attached hydrogen (secondary N) is 1. The number of nitrogens with zero attached hydrogens (tertiary/aromatic N) is 1. The minimum absolute atomic E-state index is 0.00210. The molecule has 0 bridgehead atoms. The van der Waals surface area contributed by atoms with Crippen molar-refractivity contribution in [3.8, 4) is 0 Å². The summed E-state index contributed by atoms with van der Waals surface area (Å²) in [6.07, 6.45) is 8.40. The summed E-state index contributed by atoms with van der Waals surface area (Å²) in [7, 11) is -3.68. The van der Waals surface area contributed by atoms with Crippen molar-refractivity contribution in [2.75, 3.05) is 30.3 Å². The maximum absolute atomic E-state index is 13.4. The van der Waals surface area contributed by atoms with Crippen LogP contribution >= 0.6 is 0 Å². The maximum Gasteiger partial charge on any atom is 0.232 e. The molecule has 0 aliphatic heterocycles. The van der Waals surface area contributed by atoms with E-state index in [2.05, 4.69) is 5.32 Å². The Morgan fingerprint density at radius 3 is 2.55 bits per heavy atom. The highest BCUT2D eigenvalue weighted by atomic mass is 32.2. The van der Waals surface area contributed by atoms with Crippen LogP contribution in [0.15, 0.2) is 18.2 Å². The van der Waals surface area contributed by atoms with Crippen molar-refractivity contribution >= 4 is 21.6 Å². The van der Waals surface area contributed by atoms with Gasteiger partial charge in [-0.1, -0.05) is 19.3 Å². The molecule has 164 valence electrons. The molecule has 1 saturated carbocycles. The molecule has 0 heterocycles. The lowest BCUT2D eigenvalue weighted by atomic mass is 9.98. The molecule has 9 heteroatoms. The average Bonchev–Trinajstić information content (AvgIpc) is 2.67. The van der Waals surface area contributed by atoms with Crippen molar-refractivity contribution < 1.29 is 26.7 Å². The number of hydrogen-bond donors (Lipinski definition) is 1. The molecular formula is C20H30F2N2O4S. The SMILES string of the molecule is CS(=O)(=O)N(CCCC(=O)NCCCOC1CCCCC1)c1ccc(F)c(F)c1. The number of rotatable bonds is 11. The van der Waals surface area contributed by atoms with E-state index in [9.17, 15) is 22.0 Å². The lowest BCUT2D eigenvalue weighted by Gasteiger charge is -2.22. The molecule has 0 atom stereocenters. The van der Waals surface area contributed by atoms with Crippen molar-refractivity contribution in [1.29, 1.82) is 0 Å². The lowest BCUT2D eigenvalue weighted by Crippen LogP contribution is -2.32. The highest BCUT2D eigenvalue weighted by Crippen LogP contribution is 2.21. The molecule has 1 aliphatic carbocycles. The van der Waals surface area contributed by atoms with Gasteiger partial charge in [-0.2, -0.15) is 0 Å². The van der Waals surface area contributed by atoms with E-state index < -0.39 is 21.7 Å². The second kappa shape index (κ2) is 11.4. The number of hydrogen-bond acceptors (Lipinski definition) is 4. The molecular weight excluding hydrogens is 402 g/mol. The first kappa shape index (κ1) is 23.5. The third kappa shape index (κ3) is 8.26. The van der Waals surface area contributed by atoms with Gasteiger partial charge in [0.2, 0.25) is 15.9 Å². The van der Waals surface area contributed by atoms with Gasteiger partial charge in [-0.25, -0.2) is 17.2 Å². The van der Waals surface area contributed by atoms with Gasteiger partial charge in [0.15, 0.2) is 11.6 Å². The first-order valence-electron chi connectivity index (χ1n) is 10.1. The van der Waals surface area contributed by atoms with Crippen LogP contribution in [0.5, 0.6) is 0 Å². The molecule has 0 saturated heterocycles. The van der Waals surface area contributed by atoms with Crippen molar-refractivity contribution in [3.63, 3.8) is 0 Å². The van der Waals surface area contributed by atoms with Gasteiger partial charge in [-0.3, -0.25) is 9.10 Å². The number of carbonyl (C=O) groups excluding carboxylic acids is 1. The number of anilines is 1. The molecule has 29 heavy (non-hydrogen) atoms. The fourth-order valence-corrected chi connectivity index (χ4v) is 4.34.